The normalized spacial score (nSPS) is 17.4. The predicted molar refractivity (Wildman–Crippen MR) is 62.1 cm³/mol. The number of nitrogens with two attached hydrogens (primary N) is 1. The zero-order valence-corrected chi connectivity index (χ0v) is 9.40. The summed E-state index contributed by atoms with van der Waals surface area (Å²) in [5, 5.41) is 3.33. The first kappa shape index (κ1) is 10.3. The van der Waals surface area contributed by atoms with Crippen molar-refractivity contribution in [3.05, 3.63) is 6.20 Å². The summed E-state index contributed by atoms with van der Waals surface area (Å²) in [6.07, 6.45) is 1.75. The fourth-order valence-corrected chi connectivity index (χ4v) is 1.99. The van der Waals surface area contributed by atoms with Crippen LogP contribution in [0.15, 0.2) is 6.20 Å². The van der Waals surface area contributed by atoms with Crippen molar-refractivity contribution in [2.45, 2.75) is 19.9 Å². The number of nitrogen functional groups attached to an aromatic ring is 1. The third-order valence-corrected chi connectivity index (χ3v) is 2.72. The number of piperazine rings is 1. The number of rotatable bonds is 2. The molecule has 0 radical (unpaired) electrons. The smallest absolute Gasteiger partial charge is 0.207 e. The van der Waals surface area contributed by atoms with E-state index in [1.165, 1.54) is 0 Å². The number of nitrogens with zero attached hydrogens (tertiary/aromatic N) is 3. The van der Waals surface area contributed by atoms with Gasteiger partial charge in [-0.2, -0.15) is 0 Å². The average molecular weight is 209 g/mol. The van der Waals surface area contributed by atoms with Gasteiger partial charge in [-0.05, 0) is 13.8 Å². The van der Waals surface area contributed by atoms with Gasteiger partial charge in [0.25, 0.3) is 0 Å². The largest absolute Gasteiger partial charge is 0.384 e. The Morgan fingerprint density at radius 3 is 2.67 bits per heavy atom. The summed E-state index contributed by atoms with van der Waals surface area (Å²) in [6.45, 7) is 8.30. The zero-order chi connectivity index (χ0) is 10.8. The topological polar surface area (TPSA) is 59.1 Å². The maximum Gasteiger partial charge on any atom is 0.207 e. The summed E-state index contributed by atoms with van der Waals surface area (Å²) >= 11 is 0. The van der Waals surface area contributed by atoms with E-state index >= 15 is 0 Å². The van der Waals surface area contributed by atoms with Crippen molar-refractivity contribution in [3.8, 4) is 0 Å². The molecule has 2 rings (SSSR count). The van der Waals surface area contributed by atoms with E-state index in [1.807, 2.05) is 0 Å². The van der Waals surface area contributed by atoms with Gasteiger partial charge < -0.3 is 16.0 Å². The lowest BCUT2D eigenvalue weighted by atomic mass is 10.3. The molecule has 1 aromatic rings. The molecule has 0 amide bonds. The monoisotopic (exact) mass is 209 g/mol. The van der Waals surface area contributed by atoms with Crippen LogP contribution < -0.4 is 16.0 Å². The average Bonchev–Trinajstić information content (AvgIpc) is 2.61. The highest BCUT2D eigenvalue weighted by Crippen LogP contribution is 2.22. The molecule has 1 aliphatic rings. The lowest BCUT2D eigenvalue weighted by Gasteiger charge is -2.29. The first-order valence-electron chi connectivity index (χ1n) is 5.48. The summed E-state index contributed by atoms with van der Waals surface area (Å²) in [5.41, 5.74) is 5.91. The minimum absolute atomic E-state index is 0.359. The van der Waals surface area contributed by atoms with E-state index in [4.69, 9.17) is 5.73 Å². The van der Waals surface area contributed by atoms with Gasteiger partial charge in [0.1, 0.15) is 5.82 Å². The first-order valence-corrected chi connectivity index (χ1v) is 5.48. The third-order valence-electron chi connectivity index (χ3n) is 2.72. The van der Waals surface area contributed by atoms with Crippen LogP contribution in [-0.4, -0.2) is 35.7 Å². The SMILES string of the molecule is CC(C)n1c(N)cnc1N1CCNCC1. The maximum atomic E-state index is 5.91. The summed E-state index contributed by atoms with van der Waals surface area (Å²) in [4.78, 5) is 6.68. The summed E-state index contributed by atoms with van der Waals surface area (Å²) in [6, 6.07) is 0.359. The van der Waals surface area contributed by atoms with E-state index in [2.05, 4.69) is 33.6 Å². The molecule has 0 spiro atoms. The van der Waals surface area contributed by atoms with E-state index in [0.717, 1.165) is 37.9 Å². The molecule has 0 aromatic carbocycles. The van der Waals surface area contributed by atoms with Gasteiger partial charge in [-0.1, -0.05) is 0 Å². The van der Waals surface area contributed by atoms with Gasteiger partial charge in [-0.15, -0.1) is 0 Å². The molecule has 1 fully saturated rings. The van der Waals surface area contributed by atoms with Gasteiger partial charge in [0, 0.05) is 32.2 Å². The molecule has 0 aliphatic carbocycles. The molecule has 15 heavy (non-hydrogen) atoms. The molecule has 5 nitrogen and oxygen atoms in total. The minimum Gasteiger partial charge on any atom is -0.384 e. The minimum atomic E-state index is 0.359. The van der Waals surface area contributed by atoms with Crippen LogP contribution in [-0.2, 0) is 0 Å². The van der Waals surface area contributed by atoms with Crippen molar-refractivity contribution < 1.29 is 0 Å². The summed E-state index contributed by atoms with van der Waals surface area (Å²) < 4.78 is 2.09. The van der Waals surface area contributed by atoms with Crippen LogP contribution in [0.25, 0.3) is 0 Å². The van der Waals surface area contributed by atoms with Gasteiger partial charge in [-0.3, -0.25) is 4.57 Å². The van der Waals surface area contributed by atoms with Crippen molar-refractivity contribution in [3.63, 3.8) is 0 Å². The molecule has 2 heterocycles. The fraction of sp³-hybridized carbons (Fsp3) is 0.700. The van der Waals surface area contributed by atoms with Crippen molar-refractivity contribution in [1.29, 1.82) is 0 Å². The van der Waals surface area contributed by atoms with E-state index in [0.29, 0.717) is 6.04 Å². The van der Waals surface area contributed by atoms with E-state index in [-0.39, 0.29) is 0 Å². The lowest BCUT2D eigenvalue weighted by Crippen LogP contribution is -2.44. The van der Waals surface area contributed by atoms with Crippen LogP contribution in [0.2, 0.25) is 0 Å². The van der Waals surface area contributed by atoms with Crippen molar-refractivity contribution in [2.75, 3.05) is 36.8 Å². The second-order valence-corrected chi connectivity index (χ2v) is 4.18. The van der Waals surface area contributed by atoms with Gasteiger partial charge >= 0.3 is 0 Å². The Labute approximate surface area is 90.3 Å². The van der Waals surface area contributed by atoms with Crippen LogP contribution in [0.3, 0.4) is 0 Å². The Morgan fingerprint density at radius 1 is 1.40 bits per heavy atom. The second kappa shape index (κ2) is 4.10. The molecule has 0 unspecified atom stereocenters. The number of hydrogen-bond donors (Lipinski definition) is 2. The highest BCUT2D eigenvalue weighted by molar-refractivity contribution is 5.43. The molecular weight excluding hydrogens is 190 g/mol. The number of nitrogens with one attached hydrogen (secondary N) is 1. The third kappa shape index (κ3) is 1.92. The Bertz CT molecular complexity index is 325. The molecule has 1 aliphatic heterocycles. The lowest BCUT2D eigenvalue weighted by molar-refractivity contribution is 0.545. The zero-order valence-electron chi connectivity index (χ0n) is 9.40. The maximum absolute atomic E-state index is 5.91. The van der Waals surface area contributed by atoms with Crippen molar-refractivity contribution in [1.82, 2.24) is 14.9 Å². The van der Waals surface area contributed by atoms with E-state index in [1.54, 1.807) is 6.20 Å². The molecule has 3 N–H and O–H groups in total. The molecule has 1 saturated heterocycles. The fourth-order valence-electron chi connectivity index (χ4n) is 1.99. The van der Waals surface area contributed by atoms with Gasteiger partial charge in [0.2, 0.25) is 5.95 Å². The van der Waals surface area contributed by atoms with E-state index in [9.17, 15) is 0 Å². The Balaban J connectivity index is 2.26. The van der Waals surface area contributed by atoms with Crippen LogP contribution in [0.1, 0.15) is 19.9 Å². The van der Waals surface area contributed by atoms with Gasteiger partial charge in [-0.25, -0.2) is 4.98 Å². The standard InChI is InChI=1S/C10H19N5/c1-8(2)15-9(11)7-13-10(15)14-5-3-12-4-6-14/h7-8,12H,3-6,11H2,1-2H3. The molecule has 1 aromatic heterocycles. The number of aromatic nitrogens is 2. The van der Waals surface area contributed by atoms with Gasteiger partial charge in [0.05, 0.1) is 6.20 Å². The van der Waals surface area contributed by atoms with Crippen molar-refractivity contribution in [2.24, 2.45) is 0 Å². The molecule has 84 valence electrons. The van der Waals surface area contributed by atoms with Crippen molar-refractivity contribution >= 4 is 11.8 Å². The highest BCUT2D eigenvalue weighted by Gasteiger charge is 2.18. The number of anilines is 2. The molecule has 0 saturated carbocycles. The molecule has 5 heteroatoms. The Kier molecular flexibility index (Phi) is 2.81. The van der Waals surface area contributed by atoms with Crippen LogP contribution in [0.4, 0.5) is 11.8 Å². The molecule has 0 atom stereocenters. The van der Waals surface area contributed by atoms with Crippen LogP contribution in [0, 0.1) is 0 Å². The van der Waals surface area contributed by atoms with E-state index < -0.39 is 0 Å². The number of imidazole rings is 1. The highest BCUT2D eigenvalue weighted by atomic mass is 15.3. The Morgan fingerprint density at radius 2 is 2.07 bits per heavy atom. The molecule has 0 bridgehead atoms. The second-order valence-electron chi connectivity index (χ2n) is 4.18. The predicted octanol–water partition coefficient (Wildman–Crippen LogP) is 0.456. The summed E-state index contributed by atoms with van der Waals surface area (Å²) in [5.74, 6) is 1.75. The number of hydrogen-bond acceptors (Lipinski definition) is 4. The van der Waals surface area contributed by atoms with Crippen LogP contribution >= 0.6 is 0 Å². The van der Waals surface area contributed by atoms with Crippen LogP contribution in [0.5, 0.6) is 0 Å². The summed E-state index contributed by atoms with van der Waals surface area (Å²) in [7, 11) is 0. The Hall–Kier alpha value is -1.23. The quantitative estimate of drug-likeness (QED) is 0.742. The molecular formula is C10H19N5. The van der Waals surface area contributed by atoms with Gasteiger partial charge in [0.15, 0.2) is 0 Å². The first-order chi connectivity index (χ1) is 7.20.